The molecular weight excluding hydrogens is 262 g/mol. The number of rotatable bonds is 0. The maximum atomic E-state index is 10.5. The summed E-state index contributed by atoms with van der Waals surface area (Å²) in [6.45, 7) is 3.30. The number of aliphatic hydroxyl groups is 1. The highest BCUT2D eigenvalue weighted by Crippen LogP contribution is 2.60. The molecule has 1 N–H and O–H groups in total. The van der Waals surface area contributed by atoms with Crippen LogP contribution in [0.3, 0.4) is 0 Å². The van der Waals surface area contributed by atoms with Crippen LogP contribution in [0.2, 0.25) is 0 Å². The van der Waals surface area contributed by atoms with E-state index in [2.05, 4.69) is 37.1 Å². The Kier molecular flexibility index (Phi) is 2.16. The molecule has 0 saturated carbocycles. The summed E-state index contributed by atoms with van der Waals surface area (Å²) >= 11 is 0. The molecule has 2 aliphatic carbocycles. The molecule has 2 aliphatic heterocycles. The van der Waals surface area contributed by atoms with Gasteiger partial charge in [-0.3, -0.25) is 0 Å². The fraction of sp³-hybridized carbons (Fsp3) is 0.556. The Hall–Kier alpha value is -1.32. The maximum Gasteiger partial charge on any atom is 0.138 e. The third-order valence-corrected chi connectivity index (χ3v) is 6.43. The molecule has 0 aromatic heterocycles. The Balaban J connectivity index is 1.85. The van der Waals surface area contributed by atoms with Gasteiger partial charge >= 0.3 is 0 Å². The minimum atomic E-state index is -0.482. The SMILES string of the molecule is Cc1ccc2c3c1C[C@@H]1[C@@H]4C=C[C@H](O)[C@H](O2)[C@]34CCN1C. The number of hydrogen-bond acceptors (Lipinski definition) is 3. The minimum absolute atomic E-state index is 0.000278. The van der Waals surface area contributed by atoms with Crippen molar-refractivity contribution < 1.29 is 9.84 Å². The standard InChI is InChI=1S/C18H21NO2/c1-10-3-6-15-16-11(10)9-13-12-4-5-14(20)17(21-15)18(12,16)7-8-19(13)2/h3-6,12-14,17,20H,7-9H2,1-2H3/t12-,13+,14-,17-,18-/m0/s1. The summed E-state index contributed by atoms with van der Waals surface area (Å²) in [7, 11) is 2.24. The fourth-order valence-corrected chi connectivity index (χ4v) is 5.42. The van der Waals surface area contributed by atoms with Crippen molar-refractivity contribution in [1.29, 1.82) is 0 Å². The number of benzene rings is 1. The van der Waals surface area contributed by atoms with Crippen LogP contribution in [-0.2, 0) is 11.8 Å². The molecule has 2 heterocycles. The van der Waals surface area contributed by atoms with E-state index >= 15 is 0 Å². The molecule has 1 saturated heterocycles. The highest BCUT2D eigenvalue weighted by molar-refractivity contribution is 5.58. The monoisotopic (exact) mass is 283 g/mol. The molecule has 1 aromatic rings. The molecule has 2 bridgehead atoms. The second-order valence-corrected chi connectivity index (χ2v) is 7.22. The van der Waals surface area contributed by atoms with Crippen LogP contribution < -0.4 is 4.74 Å². The second kappa shape index (κ2) is 3.71. The van der Waals surface area contributed by atoms with Gasteiger partial charge in [-0.2, -0.15) is 0 Å². The molecule has 4 aliphatic rings. The van der Waals surface area contributed by atoms with Crippen LogP contribution in [0.1, 0.15) is 23.1 Å². The van der Waals surface area contributed by atoms with Crippen molar-refractivity contribution in [1.82, 2.24) is 4.90 Å². The van der Waals surface area contributed by atoms with Crippen LogP contribution in [0.15, 0.2) is 24.3 Å². The molecule has 1 spiro atoms. The zero-order valence-corrected chi connectivity index (χ0v) is 12.5. The van der Waals surface area contributed by atoms with Gasteiger partial charge in [0.15, 0.2) is 0 Å². The Morgan fingerprint density at radius 2 is 2.19 bits per heavy atom. The summed E-state index contributed by atoms with van der Waals surface area (Å²) in [4.78, 5) is 2.50. The molecule has 0 unspecified atom stereocenters. The predicted octanol–water partition coefficient (Wildman–Crippen LogP) is 1.80. The van der Waals surface area contributed by atoms with Gasteiger partial charge in [0.25, 0.3) is 0 Å². The van der Waals surface area contributed by atoms with E-state index in [1.807, 2.05) is 6.08 Å². The normalized spacial score (nSPS) is 42.6. The van der Waals surface area contributed by atoms with E-state index in [0.717, 1.165) is 25.1 Å². The van der Waals surface area contributed by atoms with E-state index in [9.17, 15) is 5.11 Å². The van der Waals surface area contributed by atoms with Gasteiger partial charge in [0.2, 0.25) is 0 Å². The van der Waals surface area contributed by atoms with E-state index in [-0.39, 0.29) is 11.5 Å². The van der Waals surface area contributed by atoms with Crippen molar-refractivity contribution in [2.75, 3.05) is 13.6 Å². The number of ether oxygens (including phenoxy) is 1. The van der Waals surface area contributed by atoms with Gasteiger partial charge < -0.3 is 14.7 Å². The highest BCUT2D eigenvalue weighted by atomic mass is 16.5. The summed E-state index contributed by atoms with van der Waals surface area (Å²) in [5.41, 5.74) is 4.27. The minimum Gasteiger partial charge on any atom is -0.486 e. The molecule has 1 aromatic carbocycles. The molecule has 3 nitrogen and oxygen atoms in total. The van der Waals surface area contributed by atoms with Crippen molar-refractivity contribution in [3.05, 3.63) is 41.0 Å². The summed E-state index contributed by atoms with van der Waals surface area (Å²) in [6.07, 6.45) is 5.84. The fourth-order valence-electron chi connectivity index (χ4n) is 5.42. The first-order valence-corrected chi connectivity index (χ1v) is 7.99. The van der Waals surface area contributed by atoms with Crippen molar-refractivity contribution in [3.63, 3.8) is 0 Å². The number of hydrogen-bond donors (Lipinski definition) is 1. The smallest absolute Gasteiger partial charge is 0.138 e. The van der Waals surface area contributed by atoms with Crippen molar-refractivity contribution in [2.45, 2.75) is 43.4 Å². The average Bonchev–Trinajstić information content (AvgIpc) is 2.81. The molecule has 21 heavy (non-hydrogen) atoms. The molecule has 5 rings (SSSR count). The lowest BCUT2D eigenvalue weighted by atomic mass is 9.53. The molecule has 5 atom stereocenters. The zero-order chi connectivity index (χ0) is 14.4. The molecule has 0 radical (unpaired) electrons. The zero-order valence-electron chi connectivity index (χ0n) is 12.5. The molecule has 110 valence electrons. The van der Waals surface area contributed by atoms with Crippen LogP contribution in [-0.4, -0.2) is 41.8 Å². The van der Waals surface area contributed by atoms with Crippen molar-refractivity contribution in [2.24, 2.45) is 5.92 Å². The number of nitrogens with zero attached hydrogens (tertiary/aromatic N) is 1. The number of aryl methyl sites for hydroxylation is 1. The molecular formula is C18H21NO2. The van der Waals surface area contributed by atoms with E-state index in [0.29, 0.717) is 12.0 Å². The predicted molar refractivity (Wildman–Crippen MR) is 80.6 cm³/mol. The Morgan fingerprint density at radius 1 is 1.33 bits per heavy atom. The summed E-state index contributed by atoms with van der Waals surface area (Å²) in [5, 5.41) is 10.5. The molecule has 1 fully saturated rings. The van der Waals surface area contributed by atoms with E-state index in [1.165, 1.54) is 16.7 Å². The lowest BCUT2D eigenvalue weighted by Gasteiger charge is -2.56. The number of piperidine rings is 1. The van der Waals surface area contributed by atoms with Crippen LogP contribution >= 0.6 is 0 Å². The molecule has 0 amide bonds. The van der Waals surface area contributed by atoms with Gasteiger partial charge in [-0.25, -0.2) is 0 Å². The van der Waals surface area contributed by atoms with Crippen LogP contribution in [0.4, 0.5) is 0 Å². The first-order chi connectivity index (χ1) is 10.1. The van der Waals surface area contributed by atoms with Gasteiger partial charge in [0.1, 0.15) is 18.0 Å². The van der Waals surface area contributed by atoms with Gasteiger partial charge in [0.05, 0.1) is 0 Å². The van der Waals surface area contributed by atoms with Gasteiger partial charge in [-0.05, 0) is 50.6 Å². The van der Waals surface area contributed by atoms with Crippen molar-refractivity contribution >= 4 is 0 Å². The summed E-state index contributed by atoms with van der Waals surface area (Å²) in [5.74, 6) is 1.50. The van der Waals surface area contributed by atoms with Crippen LogP contribution in [0.5, 0.6) is 5.75 Å². The van der Waals surface area contributed by atoms with E-state index in [1.54, 1.807) is 0 Å². The van der Waals surface area contributed by atoms with Crippen molar-refractivity contribution in [3.8, 4) is 5.75 Å². The third-order valence-electron chi connectivity index (χ3n) is 6.43. The van der Waals surface area contributed by atoms with Gasteiger partial charge in [0, 0.05) is 22.9 Å². The third kappa shape index (κ3) is 1.24. The van der Waals surface area contributed by atoms with E-state index in [4.69, 9.17) is 4.74 Å². The Labute approximate surface area is 125 Å². The Morgan fingerprint density at radius 3 is 3.05 bits per heavy atom. The summed E-state index contributed by atoms with van der Waals surface area (Å²) in [6, 6.07) is 4.83. The molecule has 3 heteroatoms. The van der Waals surface area contributed by atoms with Gasteiger partial charge in [-0.15, -0.1) is 0 Å². The quantitative estimate of drug-likeness (QED) is 0.737. The number of likely N-dealkylation sites (tertiary alicyclic amines) is 1. The topological polar surface area (TPSA) is 32.7 Å². The van der Waals surface area contributed by atoms with Crippen LogP contribution in [0, 0.1) is 12.8 Å². The largest absolute Gasteiger partial charge is 0.486 e. The van der Waals surface area contributed by atoms with E-state index < -0.39 is 6.10 Å². The Bertz CT molecular complexity index is 667. The number of aliphatic hydroxyl groups excluding tert-OH is 1. The lowest BCUT2D eigenvalue weighted by molar-refractivity contribution is -0.0451. The lowest BCUT2D eigenvalue weighted by Crippen LogP contribution is -2.64. The van der Waals surface area contributed by atoms with Gasteiger partial charge in [-0.1, -0.05) is 18.2 Å². The second-order valence-electron chi connectivity index (χ2n) is 7.22. The first-order valence-electron chi connectivity index (χ1n) is 7.99. The highest BCUT2D eigenvalue weighted by Gasteiger charge is 2.63. The average molecular weight is 283 g/mol. The maximum absolute atomic E-state index is 10.5. The van der Waals surface area contributed by atoms with Crippen LogP contribution in [0.25, 0.3) is 0 Å². The summed E-state index contributed by atoms with van der Waals surface area (Å²) < 4.78 is 6.26. The number of likely N-dealkylation sites (N-methyl/N-ethyl adjacent to an activating group) is 1. The first kappa shape index (κ1) is 12.2.